The van der Waals surface area contributed by atoms with Crippen LogP contribution in [0, 0.1) is 0 Å². The van der Waals surface area contributed by atoms with Crippen molar-refractivity contribution in [2.75, 3.05) is 25.0 Å². The Morgan fingerprint density at radius 3 is 2.62 bits per heavy atom. The second kappa shape index (κ2) is 11.4. The number of nitrogens with one attached hydrogen (secondary N) is 1. The Hall–Kier alpha value is -2.99. The topological polar surface area (TPSA) is 63.9 Å². The molecule has 0 saturated carbocycles. The third kappa shape index (κ3) is 5.73. The van der Waals surface area contributed by atoms with Gasteiger partial charge in [0, 0.05) is 22.7 Å². The number of carbonyl (C=O) groups excluding carboxylic acids is 1. The van der Waals surface area contributed by atoms with E-state index >= 15 is 0 Å². The van der Waals surface area contributed by atoms with Crippen LogP contribution < -0.4 is 14.8 Å². The van der Waals surface area contributed by atoms with Gasteiger partial charge in [-0.25, -0.2) is 4.79 Å². The Labute approximate surface area is 202 Å². The molecule has 1 atom stereocenters. The molecule has 1 aliphatic heterocycles. The maximum absolute atomic E-state index is 12.6. The third-order valence-electron chi connectivity index (χ3n) is 6.66. The largest absolute Gasteiger partial charge is 0.490 e. The molecule has 34 heavy (non-hydrogen) atoms. The van der Waals surface area contributed by atoms with Crippen LogP contribution in [0.3, 0.4) is 0 Å². The molecule has 0 bridgehead atoms. The molecular formula is C28H36N2O4. The minimum absolute atomic E-state index is 0.405. The maximum Gasteiger partial charge on any atom is 0.417 e. The van der Waals surface area contributed by atoms with Crippen molar-refractivity contribution < 1.29 is 18.7 Å². The fourth-order valence-corrected chi connectivity index (χ4v) is 4.80. The Kier molecular flexibility index (Phi) is 8.12. The number of furan rings is 1. The lowest BCUT2D eigenvalue weighted by Crippen LogP contribution is -2.39. The van der Waals surface area contributed by atoms with E-state index in [0.717, 1.165) is 43.3 Å². The summed E-state index contributed by atoms with van der Waals surface area (Å²) < 4.78 is 17.1. The van der Waals surface area contributed by atoms with Gasteiger partial charge in [0.05, 0.1) is 12.9 Å². The van der Waals surface area contributed by atoms with Crippen LogP contribution >= 0.6 is 0 Å². The molecule has 1 saturated heterocycles. The van der Waals surface area contributed by atoms with Gasteiger partial charge in [0.15, 0.2) is 11.5 Å². The van der Waals surface area contributed by atoms with Gasteiger partial charge < -0.3 is 18.8 Å². The zero-order valence-electron chi connectivity index (χ0n) is 20.5. The standard InChI is InChI=1S/C28H36N2O4/c1-4-8-20(3)30-15-13-21(14-16-30)24-19-33-25-12-11-22(18-23(24)25)29-28(31)34-27-10-7-6-9-26(27)32-17-5-2/h6-7,9-12,18-21H,4-5,8,13-17H2,1-3H3,(H,29,31). The van der Waals surface area contributed by atoms with E-state index in [1.54, 1.807) is 12.1 Å². The Morgan fingerprint density at radius 2 is 1.88 bits per heavy atom. The Balaban J connectivity index is 1.42. The van der Waals surface area contributed by atoms with Crippen molar-refractivity contribution in [1.29, 1.82) is 0 Å². The number of piperidine rings is 1. The molecule has 1 aliphatic rings. The first-order valence-electron chi connectivity index (χ1n) is 12.5. The summed E-state index contributed by atoms with van der Waals surface area (Å²) >= 11 is 0. The number of hydrogen-bond acceptors (Lipinski definition) is 5. The molecule has 1 fully saturated rings. The van der Waals surface area contributed by atoms with Crippen molar-refractivity contribution in [2.45, 2.75) is 64.8 Å². The summed E-state index contributed by atoms with van der Waals surface area (Å²) in [6.07, 6.45) is 6.94. The first-order valence-corrected chi connectivity index (χ1v) is 12.5. The predicted molar refractivity (Wildman–Crippen MR) is 136 cm³/mol. The van der Waals surface area contributed by atoms with Gasteiger partial charge in [-0.15, -0.1) is 0 Å². The molecule has 1 N–H and O–H groups in total. The highest BCUT2D eigenvalue weighted by atomic mass is 16.6. The zero-order chi connectivity index (χ0) is 23.9. The van der Waals surface area contributed by atoms with E-state index in [9.17, 15) is 4.79 Å². The summed E-state index contributed by atoms with van der Waals surface area (Å²) in [6, 6.07) is 13.6. The van der Waals surface area contributed by atoms with Crippen LogP contribution in [0.25, 0.3) is 11.0 Å². The summed E-state index contributed by atoms with van der Waals surface area (Å²) in [5, 5.41) is 3.91. The minimum Gasteiger partial charge on any atom is -0.490 e. The molecule has 6 nitrogen and oxygen atoms in total. The number of ether oxygens (including phenoxy) is 2. The number of rotatable bonds is 9. The van der Waals surface area contributed by atoms with Crippen LogP contribution in [-0.4, -0.2) is 36.7 Å². The highest BCUT2D eigenvalue weighted by molar-refractivity contribution is 5.92. The summed E-state index contributed by atoms with van der Waals surface area (Å²) in [5.41, 5.74) is 2.75. The molecule has 3 aromatic rings. The van der Waals surface area contributed by atoms with E-state index in [4.69, 9.17) is 13.9 Å². The second-order valence-corrected chi connectivity index (χ2v) is 9.16. The zero-order valence-corrected chi connectivity index (χ0v) is 20.5. The van der Waals surface area contributed by atoms with Crippen molar-refractivity contribution in [3.63, 3.8) is 0 Å². The quantitative estimate of drug-likeness (QED) is 0.363. The predicted octanol–water partition coefficient (Wildman–Crippen LogP) is 7.20. The molecule has 6 heteroatoms. The lowest BCUT2D eigenvalue weighted by atomic mass is 9.88. The van der Waals surface area contributed by atoms with E-state index in [2.05, 4.69) is 24.1 Å². The van der Waals surface area contributed by atoms with Gasteiger partial charge in [0.25, 0.3) is 0 Å². The molecule has 1 aromatic heterocycles. The van der Waals surface area contributed by atoms with E-state index < -0.39 is 6.09 Å². The molecular weight excluding hydrogens is 428 g/mol. The lowest BCUT2D eigenvalue weighted by Gasteiger charge is -2.36. The molecule has 1 amide bonds. The number of nitrogens with zero attached hydrogens (tertiary/aromatic N) is 1. The molecule has 2 aromatic carbocycles. The smallest absolute Gasteiger partial charge is 0.417 e. The maximum atomic E-state index is 12.6. The van der Waals surface area contributed by atoms with Crippen LogP contribution in [0.4, 0.5) is 10.5 Å². The van der Waals surface area contributed by atoms with Crippen molar-refractivity contribution in [1.82, 2.24) is 4.90 Å². The number of amides is 1. The number of benzene rings is 2. The van der Waals surface area contributed by atoms with E-state index in [1.165, 1.54) is 18.4 Å². The molecule has 4 rings (SSSR count). The average Bonchev–Trinajstić information content (AvgIpc) is 3.27. The van der Waals surface area contributed by atoms with Crippen LogP contribution in [0.5, 0.6) is 11.5 Å². The van der Waals surface area contributed by atoms with Crippen molar-refractivity contribution >= 4 is 22.7 Å². The molecule has 2 heterocycles. The molecule has 0 aliphatic carbocycles. The fourth-order valence-electron chi connectivity index (χ4n) is 4.80. The molecule has 1 unspecified atom stereocenters. The van der Waals surface area contributed by atoms with Gasteiger partial charge in [0.1, 0.15) is 5.58 Å². The SMILES string of the molecule is CCCOc1ccccc1OC(=O)Nc1ccc2occ(C3CCN(C(C)CCC)CC3)c2c1. The first kappa shape index (κ1) is 24.1. The van der Waals surface area contributed by atoms with Crippen molar-refractivity contribution in [3.8, 4) is 11.5 Å². The normalized spacial score (nSPS) is 15.9. The highest BCUT2D eigenvalue weighted by Crippen LogP contribution is 2.36. The third-order valence-corrected chi connectivity index (χ3v) is 6.66. The van der Waals surface area contributed by atoms with Crippen LogP contribution in [0.15, 0.2) is 53.1 Å². The van der Waals surface area contributed by atoms with E-state index in [0.29, 0.717) is 35.8 Å². The number of para-hydroxylation sites is 2. The highest BCUT2D eigenvalue weighted by Gasteiger charge is 2.26. The van der Waals surface area contributed by atoms with Gasteiger partial charge in [-0.2, -0.15) is 0 Å². The van der Waals surface area contributed by atoms with E-state index in [1.807, 2.05) is 43.5 Å². The molecule has 0 radical (unpaired) electrons. The van der Waals surface area contributed by atoms with E-state index in [-0.39, 0.29) is 0 Å². The summed E-state index contributed by atoms with van der Waals surface area (Å²) in [5.74, 6) is 1.44. The Morgan fingerprint density at radius 1 is 1.12 bits per heavy atom. The minimum atomic E-state index is -0.546. The second-order valence-electron chi connectivity index (χ2n) is 9.16. The van der Waals surface area contributed by atoms with Crippen LogP contribution in [-0.2, 0) is 0 Å². The lowest BCUT2D eigenvalue weighted by molar-refractivity contribution is 0.154. The van der Waals surface area contributed by atoms with Gasteiger partial charge in [-0.05, 0) is 81.9 Å². The number of fused-ring (bicyclic) bond motifs is 1. The van der Waals surface area contributed by atoms with Gasteiger partial charge in [-0.3, -0.25) is 5.32 Å². The number of carbonyl (C=O) groups is 1. The average molecular weight is 465 g/mol. The Bertz CT molecular complexity index is 1080. The van der Waals surface area contributed by atoms with Gasteiger partial charge in [-0.1, -0.05) is 32.4 Å². The first-order chi connectivity index (χ1) is 16.6. The number of hydrogen-bond donors (Lipinski definition) is 1. The summed E-state index contributed by atoms with van der Waals surface area (Å²) in [7, 11) is 0. The van der Waals surface area contributed by atoms with Crippen LogP contribution in [0.2, 0.25) is 0 Å². The number of anilines is 1. The van der Waals surface area contributed by atoms with Gasteiger partial charge in [0.2, 0.25) is 0 Å². The summed E-state index contributed by atoms with van der Waals surface area (Å²) in [6.45, 7) is 9.42. The van der Waals surface area contributed by atoms with Crippen LogP contribution in [0.1, 0.15) is 64.4 Å². The monoisotopic (exact) mass is 464 g/mol. The fraction of sp³-hybridized carbons (Fsp3) is 0.464. The molecule has 0 spiro atoms. The summed E-state index contributed by atoms with van der Waals surface area (Å²) in [4.78, 5) is 15.2. The molecule has 182 valence electrons. The number of likely N-dealkylation sites (tertiary alicyclic amines) is 1. The van der Waals surface area contributed by atoms with Crippen molar-refractivity contribution in [2.24, 2.45) is 0 Å². The van der Waals surface area contributed by atoms with Crippen molar-refractivity contribution in [3.05, 3.63) is 54.3 Å². The van der Waals surface area contributed by atoms with Gasteiger partial charge >= 0.3 is 6.09 Å².